The lowest BCUT2D eigenvalue weighted by Crippen LogP contribution is -2.41. The molecule has 0 aromatic heterocycles. The van der Waals surface area contributed by atoms with Crippen LogP contribution in [0.3, 0.4) is 0 Å². The van der Waals surface area contributed by atoms with Crippen LogP contribution >= 0.6 is 0 Å². The van der Waals surface area contributed by atoms with Gasteiger partial charge in [0.05, 0.1) is 11.6 Å². The van der Waals surface area contributed by atoms with E-state index in [4.69, 9.17) is 9.69 Å². The van der Waals surface area contributed by atoms with Crippen LogP contribution < -0.4 is 0 Å². The Morgan fingerprint density at radius 1 is 1.14 bits per heavy atom. The van der Waals surface area contributed by atoms with Gasteiger partial charge in [0, 0.05) is 5.56 Å². The Bertz CT molecular complexity index is 625. The SMILES string of the molecule is CC(C)=C(O[Si](C)(C)C(C)(C)C)C(=O)c1ccc(C#N)cc1. The van der Waals surface area contributed by atoms with Gasteiger partial charge >= 0.3 is 0 Å². The maximum absolute atomic E-state index is 12.7. The van der Waals surface area contributed by atoms with E-state index in [0.29, 0.717) is 16.9 Å². The molecule has 0 unspecified atom stereocenters. The number of Topliss-reactive ketones (excluding diaryl/α,β-unsaturated/α-hetero) is 1. The highest BCUT2D eigenvalue weighted by molar-refractivity contribution is 6.74. The van der Waals surface area contributed by atoms with E-state index in [2.05, 4.69) is 39.9 Å². The first kappa shape index (κ1) is 18.2. The van der Waals surface area contributed by atoms with Gasteiger partial charge in [-0.05, 0) is 61.8 Å². The number of nitrogens with zero attached hydrogens (tertiary/aromatic N) is 1. The van der Waals surface area contributed by atoms with Gasteiger partial charge in [-0.1, -0.05) is 20.8 Å². The van der Waals surface area contributed by atoms with Gasteiger partial charge in [0.25, 0.3) is 8.32 Å². The Kier molecular flexibility index (Phi) is 5.37. The third kappa shape index (κ3) is 4.08. The van der Waals surface area contributed by atoms with Crippen molar-refractivity contribution in [3.8, 4) is 6.07 Å². The van der Waals surface area contributed by atoms with Crippen LogP contribution in [0.15, 0.2) is 35.6 Å². The summed E-state index contributed by atoms with van der Waals surface area (Å²) in [4.78, 5) is 12.7. The summed E-state index contributed by atoms with van der Waals surface area (Å²) < 4.78 is 6.24. The molecule has 0 bridgehead atoms. The zero-order valence-electron chi connectivity index (χ0n) is 14.6. The van der Waals surface area contributed by atoms with Crippen LogP contribution in [0.5, 0.6) is 0 Å². The summed E-state index contributed by atoms with van der Waals surface area (Å²) >= 11 is 0. The van der Waals surface area contributed by atoms with Crippen molar-refractivity contribution in [3.63, 3.8) is 0 Å². The van der Waals surface area contributed by atoms with Crippen LogP contribution in [-0.4, -0.2) is 14.1 Å². The van der Waals surface area contributed by atoms with Crippen molar-refractivity contribution in [2.75, 3.05) is 0 Å². The van der Waals surface area contributed by atoms with Crippen LogP contribution in [0, 0.1) is 11.3 Å². The molecule has 0 radical (unpaired) electrons. The summed E-state index contributed by atoms with van der Waals surface area (Å²) in [5.74, 6) is 0.325. The van der Waals surface area contributed by atoms with E-state index in [-0.39, 0.29) is 10.8 Å². The molecule has 0 spiro atoms. The lowest BCUT2D eigenvalue weighted by molar-refractivity contribution is 0.0978. The molecule has 22 heavy (non-hydrogen) atoms. The molecule has 0 fully saturated rings. The van der Waals surface area contributed by atoms with Crippen LogP contribution in [0.2, 0.25) is 18.1 Å². The van der Waals surface area contributed by atoms with E-state index in [1.165, 1.54) is 0 Å². The lowest BCUT2D eigenvalue weighted by Gasteiger charge is -2.37. The second-order valence-corrected chi connectivity index (χ2v) is 11.9. The number of hydrogen-bond donors (Lipinski definition) is 0. The number of ketones is 1. The summed E-state index contributed by atoms with van der Waals surface area (Å²) in [5, 5.41) is 8.87. The molecule has 1 aromatic rings. The van der Waals surface area contributed by atoms with Gasteiger partial charge in [-0.25, -0.2) is 0 Å². The average Bonchev–Trinajstić information content (AvgIpc) is 2.42. The average molecular weight is 315 g/mol. The number of benzene rings is 1. The van der Waals surface area contributed by atoms with Crippen LogP contribution in [-0.2, 0) is 4.43 Å². The number of carbonyl (C=O) groups is 1. The fourth-order valence-electron chi connectivity index (χ4n) is 1.61. The van der Waals surface area contributed by atoms with Crippen molar-refractivity contribution in [2.45, 2.75) is 52.8 Å². The molecule has 118 valence electrons. The fraction of sp³-hybridized carbons (Fsp3) is 0.444. The molecule has 0 atom stereocenters. The van der Waals surface area contributed by atoms with Crippen molar-refractivity contribution < 1.29 is 9.22 Å². The molecule has 0 aliphatic rings. The molecule has 3 nitrogen and oxygen atoms in total. The van der Waals surface area contributed by atoms with Gasteiger partial charge < -0.3 is 4.43 Å². The summed E-state index contributed by atoms with van der Waals surface area (Å²) in [5.41, 5.74) is 1.97. The standard InChI is InChI=1S/C18H25NO2Si/c1-13(2)17(21-22(6,7)18(3,4)5)16(20)15-10-8-14(12-19)9-11-15/h8-11H,1-7H3. The molecule has 0 aliphatic heterocycles. The van der Waals surface area contributed by atoms with Crippen LogP contribution in [0.25, 0.3) is 0 Å². The van der Waals surface area contributed by atoms with Crippen LogP contribution in [0.4, 0.5) is 0 Å². The van der Waals surface area contributed by atoms with Crippen LogP contribution in [0.1, 0.15) is 50.5 Å². The second-order valence-electron chi connectivity index (χ2n) is 7.21. The monoisotopic (exact) mass is 315 g/mol. The minimum atomic E-state index is -2.08. The van der Waals surface area contributed by atoms with E-state index >= 15 is 0 Å². The molecular weight excluding hydrogens is 290 g/mol. The normalized spacial score (nSPS) is 11.5. The maximum atomic E-state index is 12.7. The Hall–Kier alpha value is -1.86. The van der Waals surface area contributed by atoms with Crippen molar-refractivity contribution >= 4 is 14.1 Å². The Morgan fingerprint density at radius 3 is 2.00 bits per heavy atom. The quantitative estimate of drug-likeness (QED) is 0.338. The van der Waals surface area contributed by atoms with Crippen molar-refractivity contribution in [2.24, 2.45) is 0 Å². The molecule has 4 heteroatoms. The largest absolute Gasteiger partial charge is 0.541 e. The van der Waals surface area contributed by atoms with E-state index in [1.54, 1.807) is 24.3 Å². The number of carbonyl (C=O) groups excluding carboxylic acids is 1. The van der Waals surface area contributed by atoms with E-state index in [0.717, 1.165) is 5.57 Å². The topological polar surface area (TPSA) is 50.1 Å². The predicted octanol–water partition coefficient (Wildman–Crippen LogP) is 5.06. The van der Waals surface area contributed by atoms with Gasteiger partial charge in [0.1, 0.15) is 0 Å². The molecule has 0 N–H and O–H groups in total. The molecule has 1 rings (SSSR count). The predicted molar refractivity (Wildman–Crippen MR) is 92.1 cm³/mol. The first-order valence-electron chi connectivity index (χ1n) is 7.41. The highest BCUT2D eigenvalue weighted by Crippen LogP contribution is 2.38. The number of nitriles is 1. The van der Waals surface area contributed by atoms with Gasteiger partial charge in [-0.15, -0.1) is 0 Å². The maximum Gasteiger partial charge on any atom is 0.250 e. The van der Waals surface area contributed by atoms with Crippen molar-refractivity contribution in [1.82, 2.24) is 0 Å². The molecule has 0 aliphatic carbocycles. The van der Waals surface area contributed by atoms with Crippen molar-refractivity contribution in [1.29, 1.82) is 5.26 Å². The summed E-state index contributed by atoms with van der Waals surface area (Å²) in [6, 6.07) is 8.72. The summed E-state index contributed by atoms with van der Waals surface area (Å²) in [6.45, 7) is 14.5. The zero-order valence-corrected chi connectivity index (χ0v) is 15.6. The highest BCUT2D eigenvalue weighted by Gasteiger charge is 2.40. The highest BCUT2D eigenvalue weighted by atomic mass is 28.4. The Morgan fingerprint density at radius 2 is 1.64 bits per heavy atom. The second kappa shape index (κ2) is 6.49. The molecule has 0 saturated heterocycles. The Balaban J connectivity index is 3.15. The lowest BCUT2D eigenvalue weighted by atomic mass is 10.1. The van der Waals surface area contributed by atoms with E-state index in [9.17, 15) is 4.79 Å². The fourth-order valence-corrected chi connectivity index (χ4v) is 2.72. The minimum absolute atomic E-state index is 0.0264. The van der Waals surface area contributed by atoms with E-state index < -0.39 is 8.32 Å². The number of hydrogen-bond acceptors (Lipinski definition) is 3. The van der Waals surface area contributed by atoms with Gasteiger partial charge in [-0.3, -0.25) is 4.79 Å². The number of allylic oxidation sites excluding steroid dienone is 2. The zero-order chi connectivity index (χ0) is 17.1. The van der Waals surface area contributed by atoms with E-state index in [1.807, 2.05) is 13.8 Å². The third-order valence-corrected chi connectivity index (χ3v) is 8.43. The van der Waals surface area contributed by atoms with Gasteiger partial charge in [0.2, 0.25) is 5.78 Å². The molecule has 0 heterocycles. The molecule has 1 aromatic carbocycles. The molecular formula is C18H25NO2Si. The number of rotatable bonds is 4. The molecule has 0 saturated carbocycles. The first-order chi connectivity index (χ1) is 9.99. The Labute approximate surface area is 134 Å². The minimum Gasteiger partial charge on any atom is -0.541 e. The first-order valence-corrected chi connectivity index (χ1v) is 10.3. The summed E-state index contributed by atoms with van der Waals surface area (Å²) in [7, 11) is -2.08. The van der Waals surface area contributed by atoms with Crippen molar-refractivity contribution in [3.05, 3.63) is 46.7 Å². The smallest absolute Gasteiger partial charge is 0.250 e. The summed E-state index contributed by atoms with van der Waals surface area (Å²) in [6.07, 6.45) is 0. The third-order valence-electron chi connectivity index (χ3n) is 4.10. The van der Waals surface area contributed by atoms with Gasteiger partial charge in [0.15, 0.2) is 5.76 Å². The molecule has 0 amide bonds. The van der Waals surface area contributed by atoms with Gasteiger partial charge in [-0.2, -0.15) is 5.26 Å².